The lowest BCUT2D eigenvalue weighted by atomic mass is 9.87. The Morgan fingerprint density at radius 3 is 2.85 bits per heavy atom. The van der Waals surface area contributed by atoms with Gasteiger partial charge in [0.05, 0.1) is 5.69 Å². The number of H-pyrrole nitrogens is 1. The largest absolute Gasteiger partial charge is 0.329 e. The highest BCUT2D eigenvalue weighted by Gasteiger charge is 2.34. The first-order valence-electron chi connectivity index (χ1n) is 12.3. The second kappa shape index (κ2) is 9.28. The lowest BCUT2D eigenvalue weighted by Gasteiger charge is -2.24. The quantitative estimate of drug-likeness (QED) is 0.486. The Bertz CT molecular complexity index is 1160. The minimum atomic E-state index is -0.320. The number of amides is 1. The van der Waals surface area contributed by atoms with Crippen LogP contribution in [-0.4, -0.2) is 48.0 Å². The molecule has 178 valence electrons. The zero-order valence-electron chi connectivity index (χ0n) is 19.1. The molecule has 1 aliphatic heterocycles. The number of anilines is 4. The number of carbonyl (C=O) groups excluding carboxylic acids is 1. The molecule has 4 heterocycles. The first kappa shape index (κ1) is 21.5. The van der Waals surface area contributed by atoms with Gasteiger partial charge < -0.3 is 10.2 Å². The Kier molecular flexibility index (Phi) is 5.86. The molecule has 3 aliphatic rings. The number of carbonyl (C=O) groups is 1. The van der Waals surface area contributed by atoms with Crippen LogP contribution in [0, 0.1) is 0 Å². The molecular weight excluding hydrogens is 450 g/mol. The van der Waals surface area contributed by atoms with Gasteiger partial charge in [0.2, 0.25) is 17.0 Å². The molecule has 10 nitrogen and oxygen atoms in total. The average molecular weight is 480 g/mol. The Morgan fingerprint density at radius 2 is 2.00 bits per heavy atom. The Balaban J connectivity index is 1.24. The molecule has 0 spiro atoms. The second-order valence-electron chi connectivity index (χ2n) is 9.41. The molecule has 0 bridgehead atoms. The molecule has 1 amide bonds. The zero-order chi connectivity index (χ0) is 22.9. The average Bonchev–Trinajstić information content (AvgIpc) is 3.67. The van der Waals surface area contributed by atoms with Crippen LogP contribution < -0.4 is 15.5 Å². The molecule has 3 N–H and O–H groups in total. The maximum atomic E-state index is 13.0. The SMILES string of the molecule is O=C(Nc1ncns1)[C@@H]1CCCN1c1nc2c(c(Nc3cc(C4CCCCC4)[nH]n3)n1)CCC2. The molecule has 1 saturated carbocycles. The third-order valence-corrected chi connectivity index (χ3v) is 7.79. The number of aromatic amines is 1. The normalized spacial score (nSPS) is 20.5. The van der Waals surface area contributed by atoms with Crippen molar-refractivity contribution in [1.82, 2.24) is 29.5 Å². The summed E-state index contributed by atoms with van der Waals surface area (Å²) in [6, 6.07) is 1.81. The van der Waals surface area contributed by atoms with E-state index in [0.29, 0.717) is 17.0 Å². The van der Waals surface area contributed by atoms with E-state index < -0.39 is 0 Å². The van der Waals surface area contributed by atoms with Gasteiger partial charge in [-0.2, -0.15) is 14.5 Å². The minimum Gasteiger partial charge on any atom is -0.329 e. The molecule has 34 heavy (non-hydrogen) atoms. The summed E-state index contributed by atoms with van der Waals surface area (Å²) in [5, 5.41) is 14.7. The van der Waals surface area contributed by atoms with Gasteiger partial charge in [0.1, 0.15) is 18.2 Å². The zero-order valence-corrected chi connectivity index (χ0v) is 19.9. The number of nitrogens with zero attached hydrogens (tertiary/aromatic N) is 6. The molecule has 11 heteroatoms. The molecule has 0 radical (unpaired) electrons. The number of nitrogens with one attached hydrogen (secondary N) is 3. The van der Waals surface area contributed by atoms with Crippen molar-refractivity contribution in [2.45, 2.75) is 76.2 Å². The van der Waals surface area contributed by atoms with E-state index in [1.54, 1.807) is 0 Å². The van der Waals surface area contributed by atoms with E-state index in [1.165, 1.54) is 61.2 Å². The topological polar surface area (TPSA) is 125 Å². The fourth-order valence-electron chi connectivity index (χ4n) is 5.49. The van der Waals surface area contributed by atoms with E-state index in [9.17, 15) is 4.79 Å². The number of rotatable bonds is 6. The van der Waals surface area contributed by atoms with E-state index in [1.807, 2.05) is 4.90 Å². The molecule has 6 rings (SSSR count). The van der Waals surface area contributed by atoms with Gasteiger partial charge in [-0.05, 0) is 44.9 Å². The van der Waals surface area contributed by atoms with Crippen LogP contribution in [0.5, 0.6) is 0 Å². The Hall–Kier alpha value is -3.08. The van der Waals surface area contributed by atoms with Crippen molar-refractivity contribution in [3.05, 3.63) is 29.3 Å². The van der Waals surface area contributed by atoms with Gasteiger partial charge in [-0.3, -0.25) is 15.2 Å². The van der Waals surface area contributed by atoms with Gasteiger partial charge in [-0.15, -0.1) is 0 Å². The molecule has 1 atom stereocenters. The van der Waals surface area contributed by atoms with E-state index in [-0.39, 0.29) is 11.9 Å². The van der Waals surface area contributed by atoms with Crippen LogP contribution in [-0.2, 0) is 17.6 Å². The third-order valence-electron chi connectivity index (χ3n) is 7.21. The molecule has 2 fully saturated rings. The van der Waals surface area contributed by atoms with Crippen molar-refractivity contribution in [2.75, 3.05) is 22.1 Å². The standard InChI is InChI=1S/C23H29N9OS/c33-21(29-23-24-13-25-34-23)18-10-5-11-32(18)22-26-16-9-4-8-15(16)20(28-22)27-19-12-17(30-31-19)14-6-2-1-3-7-14/h12-14,18H,1-11H2,(H,24,25,29,33)(H2,26,27,28,30,31)/t18-/m0/s1. The van der Waals surface area contributed by atoms with E-state index in [2.05, 4.69) is 36.3 Å². The molecule has 0 unspecified atom stereocenters. The van der Waals surface area contributed by atoms with Crippen LogP contribution in [0.15, 0.2) is 12.4 Å². The van der Waals surface area contributed by atoms with E-state index in [4.69, 9.17) is 9.97 Å². The highest BCUT2D eigenvalue weighted by atomic mass is 32.1. The predicted molar refractivity (Wildman–Crippen MR) is 131 cm³/mol. The fraction of sp³-hybridized carbons (Fsp3) is 0.565. The van der Waals surface area contributed by atoms with Gasteiger partial charge in [0.15, 0.2) is 5.82 Å². The lowest BCUT2D eigenvalue weighted by Crippen LogP contribution is -2.40. The summed E-state index contributed by atoms with van der Waals surface area (Å²) in [4.78, 5) is 28.9. The molecule has 3 aromatic rings. The van der Waals surface area contributed by atoms with Crippen LogP contribution in [0.3, 0.4) is 0 Å². The number of aryl methyl sites for hydroxylation is 1. The van der Waals surface area contributed by atoms with Crippen molar-refractivity contribution in [2.24, 2.45) is 0 Å². The maximum absolute atomic E-state index is 13.0. The summed E-state index contributed by atoms with van der Waals surface area (Å²) in [6.45, 7) is 0.751. The van der Waals surface area contributed by atoms with E-state index >= 15 is 0 Å². The minimum absolute atomic E-state index is 0.0858. The third kappa shape index (κ3) is 4.24. The van der Waals surface area contributed by atoms with Gasteiger partial charge in [0, 0.05) is 41.3 Å². The second-order valence-corrected chi connectivity index (χ2v) is 10.2. The van der Waals surface area contributed by atoms with Crippen LogP contribution in [0.2, 0.25) is 0 Å². The first-order valence-corrected chi connectivity index (χ1v) is 13.1. The van der Waals surface area contributed by atoms with Crippen molar-refractivity contribution in [3.63, 3.8) is 0 Å². The summed E-state index contributed by atoms with van der Waals surface area (Å²) >= 11 is 1.18. The highest BCUT2D eigenvalue weighted by molar-refractivity contribution is 7.09. The highest BCUT2D eigenvalue weighted by Crippen LogP contribution is 2.35. The maximum Gasteiger partial charge on any atom is 0.249 e. The summed E-state index contributed by atoms with van der Waals surface area (Å²) < 4.78 is 3.96. The van der Waals surface area contributed by atoms with Crippen LogP contribution in [0.1, 0.15) is 74.2 Å². The van der Waals surface area contributed by atoms with Crippen molar-refractivity contribution in [3.8, 4) is 0 Å². The van der Waals surface area contributed by atoms with Crippen molar-refractivity contribution < 1.29 is 4.79 Å². The van der Waals surface area contributed by atoms with Crippen LogP contribution in [0.4, 0.5) is 22.7 Å². The van der Waals surface area contributed by atoms with E-state index in [0.717, 1.165) is 56.0 Å². The predicted octanol–water partition coefficient (Wildman–Crippen LogP) is 3.94. The van der Waals surface area contributed by atoms with Crippen LogP contribution >= 0.6 is 11.5 Å². The van der Waals surface area contributed by atoms with Gasteiger partial charge in [-0.25, -0.2) is 9.97 Å². The summed E-state index contributed by atoms with van der Waals surface area (Å²) in [7, 11) is 0. The van der Waals surface area contributed by atoms with Gasteiger partial charge >= 0.3 is 0 Å². The smallest absolute Gasteiger partial charge is 0.249 e. The lowest BCUT2D eigenvalue weighted by molar-refractivity contribution is -0.117. The molecule has 2 aliphatic carbocycles. The van der Waals surface area contributed by atoms with Crippen LogP contribution in [0.25, 0.3) is 0 Å². The van der Waals surface area contributed by atoms with Crippen molar-refractivity contribution >= 4 is 40.2 Å². The summed E-state index contributed by atoms with van der Waals surface area (Å²) in [5.41, 5.74) is 3.45. The molecular formula is C23H29N9OS. The molecule has 1 saturated heterocycles. The van der Waals surface area contributed by atoms with Gasteiger partial charge in [0.25, 0.3) is 0 Å². The number of fused-ring (bicyclic) bond motifs is 1. The molecule has 3 aromatic heterocycles. The van der Waals surface area contributed by atoms with Gasteiger partial charge in [-0.1, -0.05) is 19.3 Å². The van der Waals surface area contributed by atoms with Crippen molar-refractivity contribution in [1.29, 1.82) is 0 Å². The monoisotopic (exact) mass is 479 g/mol. The first-order chi connectivity index (χ1) is 16.7. The number of hydrogen-bond acceptors (Lipinski definition) is 9. The summed E-state index contributed by atoms with van der Waals surface area (Å²) in [6.07, 6.45) is 12.5. The molecule has 0 aromatic carbocycles. The summed E-state index contributed by atoms with van der Waals surface area (Å²) in [5.74, 6) is 2.71. The Morgan fingerprint density at radius 1 is 1.09 bits per heavy atom. The number of hydrogen-bond donors (Lipinski definition) is 3. The number of aromatic nitrogens is 6. The Labute approximate surface area is 202 Å². The fourth-order valence-corrected chi connectivity index (χ4v) is 5.93.